The number of benzene rings is 2. The summed E-state index contributed by atoms with van der Waals surface area (Å²) in [6.45, 7) is 0. The van der Waals surface area contributed by atoms with E-state index >= 15 is 0 Å². The fourth-order valence-electron chi connectivity index (χ4n) is 2.35. The second-order valence-corrected chi connectivity index (χ2v) is 5.09. The predicted octanol–water partition coefficient (Wildman–Crippen LogP) is 2.89. The molecule has 0 spiro atoms. The SMILES string of the molecule is CSc1ccc(O)c2c1C(=O)c1ccccc1C2=O. The van der Waals surface area contributed by atoms with Crippen LogP contribution in [0.5, 0.6) is 5.75 Å². The van der Waals surface area contributed by atoms with Gasteiger partial charge in [0.05, 0.1) is 11.1 Å². The van der Waals surface area contributed by atoms with E-state index in [0.29, 0.717) is 21.6 Å². The van der Waals surface area contributed by atoms with Gasteiger partial charge in [-0.1, -0.05) is 24.3 Å². The minimum atomic E-state index is -0.293. The van der Waals surface area contributed by atoms with Crippen LogP contribution in [0.2, 0.25) is 0 Å². The Bertz CT molecular complexity index is 719. The molecule has 2 aromatic carbocycles. The number of phenolic OH excluding ortho intramolecular Hbond substituents is 1. The van der Waals surface area contributed by atoms with E-state index < -0.39 is 0 Å². The zero-order valence-corrected chi connectivity index (χ0v) is 11.0. The van der Waals surface area contributed by atoms with Crippen LogP contribution in [0.25, 0.3) is 0 Å². The highest BCUT2D eigenvalue weighted by Crippen LogP contribution is 2.37. The van der Waals surface area contributed by atoms with Crippen LogP contribution in [0.15, 0.2) is 41.3 Å². The number of fused-ring (bicyclic) bond motifs is 2. The van der Waals surface area contributed by atoms with Gasteiger partial charge in [-0.15, -0.1) is 11.8 Å². The largest absolute Gasteiger partial charge is 0.507 e. The lowest BCUT2D eigenvalue weighted by atomic mass is 9.83. The highest BCUT2D eigenvalue weighted by molar-refractivity contribution is 7.98. The molecule has 19 heavy (non-hydrogen) atoms. The molecule has 4 heteroatoms. The molecule has 2 aromatic rings. The normalized spacial score (nSPS) is 13.1. The maximum absolute atomic E-state index is 12.5. The van der Waals surface area contributed by atoms with E-state index in [1.165, 1.54) is 17.8 Å². The van der Waals surface area contributed by atoms with Gasteiger partial charge in [0.15, 0.2) is 11.6 Å². The van der Waals surface area contributed by atoms with Crippen molar-refractivity contribution in [1.82, 2.24) is 0 Å². The van der Waals surface area contributed by atoms with Crippen LogP contribution >= 0.6 is 11.8 Å². The first-order chi connectivity index (χ1) is 9.15. The van der Waals surface area contributed by atoms with Crippen LogP contribution in [0.4, 0.5) is 0 Å². The second-order valence-electron chi connectivity index (χ2n) is 4.24. The monoisotopic (exact) mass is 270 g/mol. The predicted molar refractivity (Wildman–Crippen MR) is 73.2 cm³/mol. The van der Waals surface area contributed by atoms with Crippen molar-refractivity contribution >= 4 is 23.3 Å². The summed E-state index contributed by atoms with van der Waals surface area (Å²) < 4.78 is 0. The van der Waals surface area contributed by atoms with Crippen molar-refractivity contribution in [3.8, 4) is 5.75 Å². The van der Waals surface area contributed by atoms with Crippen molar-refractivity contribution < 1.29 is 14.7 Å². The number of thioether (sulfide) groups is 1. The molecular formula is C15H10O3S. The quantitative estimate of drug-likeness (QED) is 0.691. The Morgan fingerprint density at radius 2 is 1.47 bits per heavy atom. The lowest BCUT2D eigenvalue weighted by Gasteiger charge is -2.20. The van der Waals surface area contributed by atoms with E-state index in [1.807, 2.05) is 6.26 Å². The van der Waals surface area contributed by atoms with Crippen LogP contribution < -0.4 is 0 Å². The Morgan fingerprint density at radius 1 is 0.895 bits per heavy atom. The number of carbonyl (C=O) groups excluding carboxylic acids is 2. The zero-order chi connectivity index (χ0) is 13.6. The first kappa shape index (κ1) is 12.0. The maximum Gasteiger partial charge on any atom is 0.198 e. The number of phenols is 1. The van der Waals surface area contributed by atoms with E-state index in [0.717, 1.165) is 0 Å². The Balaban J connectivity index is 2.38. The number of carbonyl (C=O) groups is 2. The zero-order valence-electron chi connectivity index (χ0n) is 10.1. The fourth-order valence-corrected chi connectivity index (χ4v) is 2.95. The molecule has 94 valence electrons. The van der Waals surface area contributed by atoms with Gasteiger partial charge in [-0.3, -0.25) is 9.59 Å². The minimum absolute atomic E-state index is 0.121. The molecule has 1 aliphatic carbocycles. The summed E-state index contributed by atoms with van der Waals surface area (Å²) in [6, 6.07) is 9.83. The lowest BCUT2D eigenvalue weighted by Crippen LogP contribution is -2.21. The molecule has 1 N–H and O–H groups in total. The first-order valence-electron chi connectivity index (χ1n) is 5.73. The molecule has 0 fully saturated rings. The third-order valence-corrected chi connectivity index (χ3v) is 4.02. The van der Waals surface area contributed by atoms with Crippen molar-refractivity contribution in [2.45, 2.75) is 4.90 Å². The van der Waals surface area contributed by atoms with Crippen molar-refractivity contribution in [2.24, 2.45) is 0 Å². The van der Waals surface area contributed by atoms with Gasteiger partial charge in [-0.05, 0) is 18.4 Å². The molecule has 1 aliphatic rings. The highest BCUT2D eigenvalue weighted by atomic mass is 32.2. The van der Waals surface area contributed by atoms with E-state index in [-0.39, 0.29) is 22.9 Å². The molecule has 0 aliphatic heterocycles. The third kappa shape index (κ3) is 1.60. The van der Waals surface area contributed by atoms with Gasteiger partial charge in [0.25, 0.3) is 0 Å². The molecule has 3 rings (SSSR count). The Labute approximate surface area is 114 Å². The molecule has 0 atom stereocenters. The molecule has 0 saturated heterocycles. The summed E-state index contributed by atoms with van der Waals surface area (Å²) >= 11 is 1.39. The second kappa shape index (κ2) is 4.24. The molecule has 0 bridgehead atoms. The first-order valence-corrected chi connectivity index (χ1v) is 6.96. The van der Waals surface area contributed by atoms with Crippen molar-refractivity contribution in [2.75, 3.05) is 6.26 Å². The molecule has 0 heterocycles. The maximum atomic E-state index is 12.5. The van der Waals surface area contributed by atoms with Crippen LogP contribution in [0, 0.1) is 0 Å². The summed E-state index contributed by atoms with van der Waals surface area (Å²) in [5.41, 5.74) is 1.20. The summed E-state index contributed by atoms with van der Waals surface area (Å²) in [5, 5.41) is 9.91. The molecular weight excluding hydrogens is 260 g/mol. The van der Waals surface area contributed by atoms with Crippen LogP contribution in [0.1, 0.15) is 31.8 Å². The van der Waals surface area contributed by atoms with Crippen molar-refractivity contribution in [3.63, 3.8) is 0 Å². The van der Waals surface area contributed by atoms with Crippen LogP contribution in [0.3, 0.4) is 0 Å². The highest BCUT2D eigenvalue weighted by Gasteiger charge is 2.33. The van der Waals surface area contributed by atoms with E-state index in [1.54, 1.807) is 30.3 Å². The van der Waals surface area contributed by atoms with E-state index in [4.69, 9.17) is 0 Å². The minimum Gasteiger partial charge on any atom is -0.507 e. The number of hydrogen-bond acceptors (Lipinski definition) is 4. The average molecular weight is 270 g/mol. The summed E-state index contributed by atoms with van der Waals surface area (Å²) in [7, 11) is 0. The van der Waals surface area contributed by atoms with Crippen LogP contribution in [-0.4, -0.2) is 22.9 Å². The molecule has 0 saturated carbocycles. The summed E-state index contributed by atoms with van der Waals surface area (Å²) in [4.78, 5) is 25.6. The summed E-state index contributed by atoms with van der Waals surface area (Å²) in [6.07, 6.45) is 1.84. The van der Waals surface area contributed by atoms with Gasteiger partial charge in [0, 0.05) is 16.0 Å². The molecule has 0 unspecified atom stereocenters. The van der Waals surface area contributed by atoms with Crippen LogP contribution in [-0.2, 0) is 0 Å². The fraction of sp³-hybridized carbons (Fsp3) is 0.0667. The topological polar surface area (TPSA) is 54.4 Å². The Morgan fingerprint density at radius 3 is 2.05 bits per heavy atom. The number of ketones is 2. The third-order valence-electron chi connectivity index (χ3n) is 3.24. The lowest BCUT2D eigenvalue weighted by molar-refractivity contribution is 0.0974. The standard InChI is InChI=1S/C15H10O3S/c1-19-11-7-6-10(16)12-13(11)15(18)9-5-3-2-4-8(9)14(12)17/h2-7,16H,1H3. The number of rotatable bonds is 1. The molecule has 3 nitrogen and oxygen atoms in total. The van der Waals surface area contributed by atoms with Gasteiger partial charge in [-0.25, -0.2) is 0 Å². The summed E-state index contributed by atoms with van der Waals surface area (Å²) in [5.74, 6) is -0.635. The smallest absolute Gasteiger partial charge is 0.198 e. The van der Waals surface area contributed by atoms with Crippen molar-refractivity contribution in [1.29, 1.82) is 0 Å². The van der Waals surface area contributed by atoms with E-state index in [9.17, 15) is 14.7 Å². The Kier molecular flexibility index (Phi) is 2.68. The van der Waals surface area contributed by atoms with E-state index in [2.05, 4.69) is 0 Å². The van der Waals surface area contributed by atoms with Gasteiger partial charge in [-0.2, -0.15) is 0 Å². The Hall–Kier alpha value is -2.07. The van der Waals surface area contributed by atoms with Gasteiger partial charge < -0.3 is 5.11 Å². The average Bonchev–Trinajstić information content (AvgIpc) is 2.44. The van der Waals surface area contributed by atoms with Gasteiger partial charge >= 0.3 is 0 Å². The van der Waals surface area contributed by atoms with Gasteiger partial charge in [0.2, 0.25) is 0 Å². The number of aromatic hydroxyl groups is 1. The number of hydrogen-bond donors (Lipinski definition) is 1. The van der Waals surface area contributed by atoms with Gasteiger partial charge in [0.1, 0.15) is 5.75 Å². The molecule has 0 aromatic heterocycles. The molecule has 0 radical (unpaired) electrons. The molecule has 0 amide bonds. The van der Waals surface area contributed by atoms with Crippen molar-refractivity contribution in [3.05, 3.63) is 58.7 Å².